The van der Waals surface area contributed by atoms with Gasteiger partial charge in [0, 0.05) is 23.9 Å². The number of ether oxygens (including phenoxy) is 1. The molecule has 0 spiro atoms. The SMILES string of the molecule is COc1cc(C(=O)NC(C)C2=CCCCC2)ccn1. The van der Waals surface area contributed by atoms with Gasteiger partial charge in [-0.25, -0.2) is 4.98 Å². The van der Waals surface area contributed by atoms with Crippen molar-refractivity contribution in [2.45, 2.75) is 38.6 Å². The maximum atomic E-state index is 12.1. The lowest BCUT2D eigenvalue weighted by Crippen LogP contribution is -2.34. The number of hydrogen-bond acceptors (Lipinski definition) is 3. The minimum atomic E-state index is -0.0836. The highest BCUT2D eigenvalue weighted by Crippen LogP contribution is 2.20. The fourth-order valence-electron chi connectivity index (χ4n) is 2.29. The van der Waals surface area contributed by atoms with Crippen molar-refractivity contribution in [3.8, 4) is 5.88 Å². The Morgan fingerprint density at radius 3 is 3.00 bits per heavy atom. The van der Waals surface area contributed by atoms with Crippen LogP contribution >= 0.6 is 0 Å². The van der Waals surface area contributed by atoms with E-state index in [4.69, 9.17) is 4.74 Å². The summed E-state index contributed by atoms with van der Waals surface area (Å²) in [5, 5.41) is 3.03. The van der Waals surface area contributed by atoms with Crippen LogP contribution in [0.5, 0.6) is 5.88 Å². The Hall–Kier alpha value is -1.84. The maximum Gasteiger partial charge on any atom is 0.251 e. The molecule has 1 aromatic heterocycles. The molecule has 0 aliphatic heterocycles. The van der Waals surface area contributed by atoms with E-state index < -0.39 is 0 Å². The van der Waals surface area contributed by atoms with Crippen molar-refractivity contribution in [1.29, 1.82) is 0 Å². The molecule has 0 bridgehead atoms. The number of carbonyl (C=O) groups is 1. The van der Waals surface area contributed by atoms with Crippen molar-refractivity contribution >= 4 is 5.91 Å². The quantitative estimate of drug-likeness (QED) is 0.847. The van der Waals surface area contributed by atoms with Crippen LogP contribution in [0.4, 0.5) is 0 Å². The Balaban J connectivity index is 2.01. The number of pyridine rings is 1. The van der Waals surface area contributed by atoms with Gasteiger partial charge in [0.05, 0.1) is 7.11 Å². The molecule has 19 heavy (non-hydrogen) atoms. The molecule has 0 saturated heterocycles. The summed E-state index contributed by atoms with van der Waals surface area (Å²) in [4.78, 5) is 16.1. The highest BCUT2D eigenvalue weighted by atomic mass is 16.5. The summed E-state index contributed by atoms with van der Waals surface area (Å²) in [6, 6.07) is 3.43. The van der Waals surface area contributed by atoms with Gasteiger partial charge in [0.15, 0.2) is 0 Å². The molecule has 4 heteroatoms. The zero-order chi connectivity index (χ0) is 13.7. The van der Waals surface area contributed by atoms with Crippen molar-refractivity contribution in [2.24, 2.45) is 0 Å². The number of amides is 1. The number of methoxy groups -OCH3 is 1. The van der Waals surface area contributed by atoms with Crippen LogP contribution in [0.2, 0.25) is 0 Å². The highest BCUT2D eigenvalue weighted by molar-refractivity contribution is 5.94. The number of nitrogens with zero attached hydrogens (tertiary/aromatic N) is 1. The number of carbonyl (C=O) groups excluding carboxylic acids is 1. The molecule has 0 saturated carbocycles. The highest BCUT2D eigenvalue weighted by Gasteiger charge is 2.15. The third-order valence-electron chi connectivity index (χ3n) is 3.44. The Morgan fingerprint density at radius 2 is 2.32 bits per heavy atom. The second-order valence-corrected chi connectivity index (χ2v) is 4.81. The Kier molecular flexibility index (Phi) is 4.55. The Morgan fingerprint density at radius 1 is 1.47 bits per heavy atom. The van der Waals surface area contributed by atoms with Gasteiger partial charge in [0.25, 0.3) is 5.91 Å². The van der Waals surface area contributed by atoms with Crippen molar-refractivity contribution in [3.63, 3.8) is 0 Å². The van der Waals surface area contributed by atoms with E-state index in [1.807, 2.05) is 6.92 Å². The first-order chi connectivity index (χ1) is 9.20. The van der Waals surface area contributed by atoms with Gasteiger partial charge in [-0.2, -0.15) is 0 Å². The first-order valence-electron chi connectivity index (χ1n) is 6.70. The molecule has 1 atom stereocenters. The normalized spacial score (nSPS) is 16.4. The molecule has 1 N–H and O–H groups in total. The largest absolute Gasteiger partial charge is 0.481 e. The van der Waals surface area contributed by atoms with Crippen LogP contribution in [0, 0.1) is 0 Å². The number of allylic oxidation sites excluding steroid dienone is 1. The van der Waals surface area contributed by atoms with Crippen molar-refractivity contribution in [2.75, 3.05) is 7.11 Å². The van der Waals surface area contributed by atoms with Gasteiger partial charge in [-0.1, -0.05) is 11.6 Å². The van der Waals surface area contributed by atoms with E-state index in [9.17, 15) is 4.79 Å². The number of rotatable bonds is 4. The van der Waals surface area contributed by atoms with Gasteiger partial charge in [0.2, 0.25) is 5.88 Å². The van der Waals surface area contributed by atoms with Gasteiger partial charge < -0.3 is 10.1 Å². The molecule has 1 unspecified atom stereocenters. The molecule has 0 fully saturated rings. The average molecular weight is 260 g/mol. The zero-order valence-electron chi connectivity index (χ0n) is 11.5. The number of nitrogens with one attached hydrogen (secondary N) is 1. The van der Waals surface area contributed by atoms with Gasteiger partial charge in [-0.05, 0) is 38.7 Å². The predicted octanol–water partition coefficient (Wildman–Crippen LogP) is 2.71. The third-order valence-corrected chi connectivity index (χ3v) is 3.44. The molecule has 4 nitrogen and oxygen atoms in total. The summed E-state index contributed by atoms with van der Waals surface area (Å²) in [5.74, 6) is 0.372. The molecule has 1 aliphatic rings. The lowest BCUT2D eigenvalue weighted by Gasteiger charge is -2.20. The van der Waals surface area contributed by atoms with Crippen LogP contribution in [0.3, 0.4) is 0 Å². The predicted molar refractivity (Wildman–Crippen MR) is 74.3 cm³/mol. The maximum absolute atomic E-state index is 12.1. The van der Waals surface area contributed by atoms with Gasteiger partial charge >= 0.3 is 0 Å². The average Bonchev–Trinajstić information content (AvgIpc) is 2.48. The van der Waals surface area contributed by atoms with Gasteiger partial charge in [0.1, 0.15) is 0 Å². The number of hydrogen-bond donors (Lipinski definition) is 1. The third kappa shape index (κ3) is 3.56. The molecule has 2 rings (SSSR count). The van der Waals surface area contributed by atoms with Gasteiger partial charge in [-0.3, -0.25) is 4.79 Å². The summed E-state index contributed by atoms with van der Waals surface area (Å²) >= 11 is 0. The first-order valence-corrected chi connectivity index (χ1v) is 6.70. The molecule has 1 heterocycles. The van der Waals surface area contributed by atoms with E-state index in [0.29, 0.717) is 11.4 Å². The second-order valence-electron chi connectivity index (χ2n) is 4.81. The van der Waals surface area contributed by atoms with Crippen LogP contribution < -0.4 is 10.1 Å². The molecule has 102 valence electrons. The first kappa shape index (κ1) is 13.6. The lowest BCUT2D eigenvalue weighted by atomic mass is 9.94. The molecule has 1 amide bonds. The van der Waals surface area contributed by atoms with Crippen LogP contribution in [0.15, 0.2) is 30.0 Å². The molecule has 1 aromatic rings. The summed E-state index contributed by atoms with van der Waals surface area (Å²) in [7, 11) is 1.54. The van der Waals surface area contributed by atoms with E-state index in [0.717, 1.165) is 12.8 Å². The smallest absolute Gasteiger partial charge is 0.251 e. The summed E-state index contributed by atoms with van der Waals surface area (Å²) in [5.41, 5.74) is 1.91. The molecular weight excluding hydrogens is 240 g/mol. The standard InChI is InChI=1S/C15H20N2O2/c1-11(12-6-4-3-5-7-12)17-15(18)13-8-9-16-14(10-13)19-2/h6,8-11H,3-5,7H2,1-2H3,(H,17,18). The van der Waals surface area contributed by atoms with E-state index in [1.54, 1.807) is 25.4 Å². The zero-order valence-corrected chi connectivity index (χ0v) is 11.5. The van der Waals surface area contributed by atoms with Crippen molar-refractivity contribution in [1.82, 2.24) is 10.3 Å². The summed E-state index contributed by atoms with van der Waals surface area (Å²) < 4.78 is 5.02. The Labute approximate surface area is 113 Å². The summed E-state index contributed by atoms with van der Waals surface area (Å²) in [6.45, 7) is 2.04. The lowest BCUT2D eigenvalue weighted by molar-refractivity contribution is 0.0944. The van der Waals surface area contributed by atoms with Crippen LogP contribution in [-0.4, -0.2) is 24.0 Å². The van der Waals surface area contributed by atoms with Crippen LogP contribution in [-0.2, 0) is 0 Å². The van der Waals surface area contributed by atoms with Crippen LogP contribution in [0.25, 0.3) is 0 Å². The van der Waals surface area contributed by atoms with E-state index in [1.165, 1.54) is 18.4 Å². The van der Waals surface area contributed by atoms with Gasteiger partial charge in [-0.15, -0.1) is 0 Å². The van der Waals surface area contributed by atoms with Crippen LogP contribution in [0.1, 0.15) is 43.0 Å². The molecule has 0 aromatic carbocycles. The van der Waals surface area contributed by atoms with E-state index in [2.05, 4.69) is 16.4 Å². The Bertz CT molecular complexity index is 483. The molecular formula is C15H20N2O2. The van der Waals surface area contributed by atoms with E-state index >= 15 is 0 Å². The monoisotopic (exact) mass is 260 g/mol. The van der Waals surface area contributed by atoms with E-state index in [-0.39, 0.29) is 11.9 Å². The molecule has 1 aliphatic carbocycles. The minimum absolute atomic E-state index is 0.0836. The number of aromatic nitrogens is 1. The fraction of sp³-hybridized carbons (Fsp3) is 0.467. The summed E-state index contributed by atoms with van der Waals surface area (Å²) in [6.07, 6.45) is 8.51. The topological polar surface area (TPSA) is 51.2 Å². The fourth-order valence-corrected chi connectivity index (χ4v) is 2.29. The van der Waals surface area contributed by atoms with Crippen molar-refractivity contribution < 1.29 is 9.53 Å². The minimum Gasteiger partial charge on any atom is -0.481 e. The molecule has 0 radical (unpaired) electrons. The van der Waals surface area contributed by atoms with Crippen molar-refractivity contribution in [3.05, 3.63) is 35.5 Å². The second kappa shape index (κ2) is 6.36.